The van der Waals surface area contributed by atoms with Gasteiger partial charge >= 0.3 is 5.97 Å². The molecule has 6 heteroatoms. The number of aromatic nitrogens is 2. The molecule has 0 saturated carbocycles. The molecule has 1 aromatic heterocycles. The minimum atomic E-state index is -1.01. The first-order chi connectivity index (χ1) is 9.23. The number of nitrogens with one attached hydrogen (secondary N) is 1. The van der Waals surface area contributed by atoms with E-state index >= 15 is 0 Å². The van der Waals surface area contributed by atoms with Crippen molar-refractivity contribution < 1.29 is 14.7 Å². The first-order valence-corrected chi connectivity index (χ1v) is 6.81. The third-order valence-electron chi connectivity index (χ3n) is 3.09. The summed E-state index contributed by atoms with van der Waals surface area (Å²) in [6.07, 6.45) is 1.89. The molecule has 0 fully saturated rings. The lowest BCUT2D eigenvalue weighted by atomic mass is 10.0. The largest absolute Gasteiger partial charge is 0.480 e. The van der Waals surface area contributed by atoms with Gasteiger partial charge in [-0.1, -0.05) is 13.8 Å². The summed E-state index contributed by atoms with van der Waals surface area (Å²) in [4.78, 5) is 23.3. The maximum Gasteiger partial charge on any atom is 0.326 e. The average molecular weight is 281 g/mol. The third kappa shape index (κ3) is 3.82. The standard InChI is InChI=1S/C14H23N3O3/c1-8(2)6-12(14(19)20)16-13(18)11-7-15-17(9(3)4)10(11)5/h7-9,12H,6H2,1-5H3,(H,16,18)(H,19,20)/t12-/m1/s1. The lowest BCUT2D eigenvalue weighted by molar-refractivity contribution is -0.139. The Labute approximate surface area is 119 Å². The van der Waals surface area contributed by atoms with Gasteiger partial charge in [-0.15, -0.1) is 0 Å². The molecule has 0 aromatic carbocycles. The number of rotatable bonds is 6. The number of carboxylic acids is 1. The van der Waals surface area contributed by atoms with Crippen LogP contribution < -0.4 is 5.32 Å². The molecule has 1 atom stereocenters. The molecule has 1 heterocycles. The van der Waals surface area contributed by atoms with Gasteiger partial charge in [-0.3, -0.25) is 9.48 Å². The highest BCUT2D eigenvalue weighted by Crippen LogP contribution is 2.13. The number of carbonyl (C=O) groups is 2. The van der Waals surface area contributed by atoms with E-state index in [0.29, 0.717) is 12.0 Å². The van der Waals surface area contributed by atoms with Crippen molar-refractivity contribution in [3.8, 4) is 0 Å². The predicted octanol–water partition coefficient (Wildman–Crippen LogP) is 2.00. The van der Waals surface area contributed by atoms with Gasteiger partial charge < -0.3 is 10.4 Å². The molecule has 1 rings (SSSR count). The second-order valence-corrected chi connectivity index (χ2v) is 5.68. The van der Waals surface area contributed by atoms with Crippen LogP contribution in [0, 0.1) is 12.8 Å². The van der Waals surface area contributed by atoms with Crippen LogP contribution in [0.25, 0.3) is 0 Å². The lowest BCUT2D eigenvalue weighted by Gasteiger charge is -2.16. The van der Waals surface area contributed by atoms with Gasteiger partial charge in [-0.25, -0.2) is 4.79 Å². The van der Waals surface area contributed by atoms with E-state index in [1.54, 1.807) is 11.6 Å². The Morgan fingerprint density at radius 2 is 1.95 bits per heavy atom. The summed E-state index contributed by atoms with van der Waals surface area (Å²) >= 11 is 0. The summed E-state index contributed by atoms with van der Waals surface area (Å²) in [5, 5.41) is 15.9. The molecule has 0 aliphatic heterocycles. The molecular formula is C14H23N3O3. The Morgan fingerprint density at radius 3 is 2.35 bits per heavy atom. The smallest absolute Gasteiger partial charge is 0.326 e. The van der Waals surface area contributed by atoms with Crippen molar-refractivity contribution in [3.05, 3.63) is 17.5 Å². The molecule has 20 heavy (non-hydrogen) atoms. The summed E-state index contributed by atoms with van der Waals surface area (Å²) in [5.41, 5.74) is 1.17. The number of amides is 1. The quantitative estimate of drug-likeness (QED) is 0.835. The first-order valence-electron chi connectivity index (χ1n) is 6.81. The van der Waals surface area contributed by atoms with Gasteiger partial charge in [0.05, 0.1) is 11.8 Å². The van der Waals surface area contributed by atoms with Crippen molar-refractivity contribution >= 4 is 11.9 Å². The number of aliphatic carboxylic acids is 1. The zero-order valence-electron chi connectivity index (χ0n) is 12.7. The van der Waals surface area contributed by atoms with Crippen LogP contribution in [0.15, 0.2) is 6.20 Å². The molecule has 1 amide bonds. The fourth-order valence-corrected chi connectivity index (χ4v) is 2.10. The van der Waals surface area contributed by atoms with Crippen molar-refractivity contribution in [2.45, 2.75) is 53.1 Å². The number of carboxylic acid groups (broad SMARTS) is 1. The van der Waals surface area contributed by atoms with Gasteiger partial charge in [0, 0.05) is 11.7 Å². The summed E-state index contributed by atoms with van der Waals surface area (Å²) in [6, 6.07) is -0.716. The van der Waals surface area contributed by atoms with Crippen molar-refractivity contribution in [1.29, 1.82) is 0 Å². The summed E-state index contributed by atoms with van der Waals surface area (Å²) in [5.74, 6) is -1.21. The SMILES string of the molecule is Cc1c(C(=O)N[C@H](CC(C)C)C(=O)O)cnn1C(C)C. The number of carbonyl (C=O) groups excluding carboxylic acids is 1. The van der Waals surface area contributed by atoms with Crippen LogP contribution in [0.2, 0.25) is 0 Å². The van der Waals surface area contributed by atoms with Crippen LogP contribution >= 0.6 is 0 Å². The van der Waals surface area contributed by atoms with E-state index in [1.165, 1.54) is 6.20 Å². The minimum Gasteiger partial charge on any atom is -0.480 e. The van der Waals surface area contributed by atoms with E-state index in [2.05, 4.69) is 10.4 Å². The molecule has 1 aromatic rings. The molecule has 2 N–H and O–H groups in total. The topological polar surface area (TPSA) is 84.2 Å². The van der Waals surface area contributed by atoms with Gasteiger partial charge in [-0.05, 0) is 33.1 Å². The van der Waals surface area contributed by atoms with E-state index in [0.717, 1.165) is 5.69 Å². The van der Waals surface area contributed by atoms with Crippen LogP contribution in [0.5, 0.6) is 0 Å². The van der Waals surface area contributed by atoms with Crippen molar-refractivity contribution in [2.24, 2.45) is 5.92 Å². The fraction of sp³-hybridized carbons (Fsp3) is 0.643. The number of nitrogens with zero attached hydrogens (tertiary/aromatic N) is 2. The summed E-state index contributed by atoms with van der Waals surface area (Å²) < 4.78 is 1.74. The average Bonchev–Trinajstić information content (AvgIpc) is 2.69. The molecule has 6 nitrogen and oxygen atoms in total. The van der Waals surface area contributed by atoms with E-state index < -0.39 is 12.0 Å². The molecule has 0 bridgehead atoms. The Bertz CT molecular complexity index is 492. The summed E-state index contributed by atoms with van der Waals surface area (Å²) in [6.45, 7) is 9.59. The van der Waals surface area contributed by atoms with Crippen LogP contribution in [0.3, 0.4) is 0 Å². The molecule has 0 radical (unpaired) electrons. The van der Waals surface area contributed by atoms with Crippen molar-refractivity contribution in [2.75, 3.05) is 0 Å². The number of hydrogen-bond acceptors (Lipinski definition) is 3. The zero-order chi connectivity index (χ0) is 15.4. The summed E-state index contributed by atoms with van der Waals surface area (Å²) in [7, 11) is 0. The van der Waals surface area contributed by atoms with Crippen LogP contribution in [-0.2, 0) is 4.79 Å². The molecule has 0 aliphatic rings. The van der Waals surface area contributed by atoms with E-state index in [4.69, 9.17) is 5.11 Å². The second-order valence-electron chi connectivity index (χ2n) is 5.68. The third-order valence-corrected chi connectivity index (χ3v) is 3.09. The highest BCUT2D eigenvalue weighted by atomic mass is 16.4. The Kier molecular flexibility index (Phi) is 5.30. The van der Waals surface area contributed by atoms with Crippen LogP contribution in [0.1, 0.15) is 56.2 Å². The molecule has 0 spiro atoms. The minimum absolute atomic E-state index is 0.155. The predicted molar refractivity (Wildman–Crippen MR) is 75.7 cm³/mol. The Balaban J connectivity index is 2.87. The first kappa shape index (κ1) is 16.2. The second kappa shape index (κ2) is 6.54. The fourth-order valence-electron chi connectivity index (χ4n) is 2.10. The zero-order valence-corrected chi connectivity index (χ0v) is 12.7. The molecule has 0 saturated heterocycles. The van der Waals surface area contributed by atoms with Gasteiger partial charge in [0.1, 0.15) is 6.04 Å². The van der Waals surface area contributed by atoms with E-state index in [1.807, 2.05) is 27.7 Å². The van der Waals surface area contributed by atoms with Gasteiger partial charge in [0.15, 0.2) is 0 Å². The van der Waals surface area contributed by atoms with Crippen LogP contribution in [0.4, 0.5) is 0 Å². The van der Waals surface area contributed by atoms with Gasteiger partial charge in [-0.2, -0.15) is 5.10 Å². The normalized spacial score (nSPS) is 12.8. The maximum atomic E-state index is 12.2. The highest BCUT2D eigenvalue weighted by molar-refractivity contribution is 5.97. The number of hydrogen-bond donors (Lipinski definition) is 2. The van der Waals surface area contributed by atoms with E-state index in [-0.39, 0.29) is 17.9 Å². The lowest BCUT2D eigenvalue weighted by Crippen LogP contribution is -2.41. The monoisotopic (exact) mass is 281 g/mol. The Morgan fingerprint density at radius 1 is 1.35 bits per heavy atom. The van der Waals surface area contributed by atoms with E-state index in [9.17, 15) is 9.59 Å². The van der Waals surface area contributed by atoms with Crippen molar-refractivity contribution in [3.63, 3.8) is 0 Å². The van der Waals surface area contributed by atoms with Gasteiger partial charge in [0.2, 0.25) is 0 Å². The van der Waals surface area contributed by atoms with Crippen LogP contribution in [-0.4, -0.2) is 32.8 Å². The molecule has 0 unspecified atom stereocenters. The Hall–Kier alpha value is -1.85. The van der Waals surface area contributed by atoms with Gasteiger partial charge in [0.25, 0.3) is 5.91 Å². The maximum absolute atomic E-state index is 12.2. The molecular weight excluding hydrogens is 258 g/mol. The molecule has 0 aliphatic carbocycles. The molecule has 112 valence electrons. The van der Waals surface area contributed by atoms with Crippen molar-refractivity contribution in [1.82, 2.24) is 15.1 Å². The highest BCUT2D eigenvalue weighted by Gasteiger charge is 2.24.